The normalized spacial score (nSPS) is 21.2. The van der Waals surface area contributed by atoms with Gasteiger partial charge in [-0.15, -0.1) is 8.58 Å². The molecule has 1 fully saturated rings. The first-order chi connectivity index (χ1) is 5.79. The fraction of sp³-hybridized carbons (Fsp3) is 1.00. The van der Waals surface area contributed by atoms with Crippen LogP contribution in [-0.4, -0.2) is 12.3 Å². The molecule has 0 amide bonds. The Hall–Kier alpha value is 0.430. The van der Waals surface area contributed by atoms with E-state index in [-0.39, 0.29) is 0 Å². The van der Waals surface area contributed by atoms with Crippen LogP contribution >= 0.6 is 8.58 Å². The number of hydrogen-bond donors (Lipinski definition) is 0. The number of rotatable bonds is 4. The SMILES string of the molecule is CC(C)CPCC1CCCCC1. The fourth-order valence-electron chi connectivity index (χ4n) is 1.97. The predicted molar refractivity (Wildman–Crippen MR) is 59.5 cm³/mol. The first-order valence-electron chi connectivity index (χ1n) is 5.49. The Bertz CT molecular complexity index is 104. The van der Waals surface area contributed by atoms with Crippen LogP contribution in [0.5, 0.6) is 0 Å². The standard InChI is InChI=1S/C11H23P/c1-10(2)8-12-9-11-6-4-3-5-7-11/h10-12H,3-9H2,1-2H3. The van der Waals surface area contributed by atoms with Crippen molar-refractivity contribution in [1.29, 1.82) is 0 Å². The molecule has 1 unspecified atom stereocenters. The van der Waals surface area contributed by atoms with Gasteiger partial charge in [0.1, 0.15) is 0 Å². The van der Waals surface area contributed by atoms with E-state index in [9.17, 15) is 0 Å². The minimum Gasteiger partial charge on any atom is -0.122 e. The van der Waals surface area contributed by atoms with Gasteiger partial charge >= 0.3 is 0 Å². The molecule has 0 radical (unpaired) electrons. The van der Waals surface area contributed by atoms with E-state index in [4.69, 9.17) is 0 Å². The Kier molecular flexibility index (Phi) is 5.23. The molecular weight excluding hydrogens is 163 g/mol. The van der Waals surface area contributed by atoms with Crippen LogP contribution in [0.1, 0.15) is 46.0 Å². The largest absolute Gasteiger partial charge is 0.122 e. The maximum absolute atomic E-state index is 2.34. The Labute approximate surface area is 79.3 Å². The van der Waals surface area contributed by atoms with Crippen LogP contribution < -0.4 is 0 Å². The van der Waals surface area contributed by atoms with Crippen molar-refractivity contribution in [2.45, 2.75) is 46.0 Å². The van der Waals surface area contributed by atoms with Crippen molar-refractivity contribution in [3.05, 3.63) is 0 Å². The Morgan fingerprint density at radius 1 is 1.17 bits per heavy atom. The van der Waals surface area contributed by atoms with E-state index in [1.54, 1.807) is 0 Å². The van der Waals surface area contributed by atoms with E-state index >= 15 is 0 Å². The average Bonchev–Trinajstić information content (AvgIpc) is 2.05. The molecule has 1 aliphatic carbocycles. The van der Waals surface area contributed by atoms with Crippen molar-refractivity contribution in [2.24, 2.45) is 11.8 Å². The monoisotopic (exact) mass is 186 g/mol. The van der Waals surface area contributed by atoms with Gasteiger partial charge in [-0.3, -0.25) is 0 Å². The van der Waals surface area contributed by atoms with Gasteiger partial charge in [0, 0.05) is 0 Å². The third-order valence-corrected chi connectivity index (χ3v) is 4.68. The summed E-state index contributed by atoms with van der Waals surface area (Å²) in [5, 5.41) is 0. The zero-order valence-electron chi connectivity index (χ0n) is 8.60. The lowest BCUT2D eigenvalue weighted by molar-refractivity contribution is 0.390. The molecule has 0 bridgehead atoms. The Morgan fingerprint density at radius 2 is 1.83 bits per heavy atom. The van der Waals surface area contributed by atoms with Gasteiger partial charge in [-0.1, -0.05) is 46.0 Å². The lowest BCUT2D eigenvalue weighted by Gasteiger charge is -2.21. The summed E-state index contributed by atoms with van der Waals surface area (Å²) in [4.78, 5) is 0. The maximum Gasteiger partial charge on any atom is -0.0325 e. The highest BCUT2D eigenvalue weighted by molar-refractivity contribution is 7.37. The van der Waals surface area contributed by atoms with Gasteiger partial charge in [-0.25, -0.2) is 0 Å². The first-order valence-corrected chi connectivity index (χ1v) is 6.91. The molecule has 72 valence electrons. The summed E-state index contributed by atoms with van der Waals surface area (Å²) >= 11 is 0. The smallest absolute Gasteiger partial charge is 0.0325 e. The fourth-order valence-corrected chi connectivity index (χ4v) is 3.53. The van der Waals surface area contributed by atoms with E-state index in [1.807, 2.05) is 0 Å². The van der Waals surface area contributed by atoms with E-state index in [0.717, 1.165) is 11.8 Å². The summed E-state index contributed by atoms with van der Waals surface area (Å²) in [5.74, 6) is 2.03. The van der Waals surface area contributed by atoms with E-state index in [2.05, 4.69) is 13.8 Å². The van der Waals surface area contributed by atoms with Crippen LogP contribution in [0.2, 0.25) is 0 Å². The minimum absolute atomic E-state index is 0.923. The van der Waals surface area contributed by atoms with Crippen LogP contribution in [0.25, 0.3) is 0 Å². The van der Waals surface area contributed by atoms with E-state index in [1.165, 1.54) is 53.0 Å². The molecule has 0 aromatic rings. The molecule has 0 nitrogen and oxygen atoms in total. The zero-order chi connectivity index (χ0) is 8.81. The molecule has 1 aliphatic rings. The highest BCUT2D eigenvalue weighted by atomic mass is 31.1. The zero-order valence-corrected chi connectivity index (χ0v) is 9.60. The molecule has 0 spiro atoms. The lowest BCUT2D eigenvalue weighted by atomic mass is 9.91. The van der Waals surface area contributed by atoms with Crippen LogP contribution in [0.4, 0.5) is 0 Å². The molecule has 1 saturated carbocycles. The molecule has 0 aromatic carbocycles. The summed E-state index contributed by atoms with van der Waals surface area (Å²) in [6.45, 7) is 4.68. The van der Waals surface area contributed by atoms with Gasteiger partial charge < -0.3 is 0 Å². The van der Waals surface area contributed by atoms with Gasteiger partial charge in [0.05, 0.1) is 0 Å². The second kappa shape index (κ2) is 5.97. The molecule has 12 heavy (non-hydrogen) atoms. The average molecular weight is 186 g/mol. The van der Waals surface area contributed by atoms with Gasteiger partial charge in [-0.2, -0.15) is 0 Å². The van der Waals surface area contributed by atoms with Crippen molar-refractivity contribution in [3.8, 4) is 0 Å². The van der Waals surface area contributed by atoms with E-state index in [0.29, 0.717) is 0 Å². The summed E-state index contributed by atoms with van der Waals surface area (Å²) in [5.41, 5.74) is 0. The third kappa shape index (κ3) is 4.45. The van der Waals surface area contributed by atoms with Gasteiger partial charge in [0.2, 0.25) is 0 Å². The molecule has 1 atom stereocenters. The Balaban J connectivity index is 1.98. The highest BCUT2D eigenvalue weighted by Crippen LogP contribution is 2.29. The number of hydrogen-bond acceptors (Lipinski definition) is 0. The van der Waals surface area contributed by atoms with Gasteiger partial charge in [0.25, 0.3) is 0 Å². The molecule has 0 aliphatic heterocycles. The summed E-state index contributed by atoms with van der Waals surface area (Å²) in [6, 6.07) is 0. The molecular formula is C11H23P. The molecule has 1 rings (SSSR count). The lowest BCUT2D eigenvalue weighted by Crippen LogP contribution is -2.08. The van der Waals surface area contributed by atoms with Gasteiger partial charge in [-0.05, 0) is 24.2 Å². The Morgan fingerprint density at radius 3 is 2.42 bits per heavy atom. The van der Waals surface area contributed by atoms with Crippen LogP contribution in [-0.2, 0) is 0 Å². The maximum atomic E-state index is 2.34. The van der Waals surface area contributed by atoms with Crippen molar-refractivity contribution in [2.75, 3.05) is 12.3 Å². The van der Waals surface area contributed by atoms with Crippen molar-refractivity contribution in [3.63, 3.8) is 0 Å². The molecule has 0 N–H and O–H groups in total. The van der Waals surface area contributed by atoms with Crippen molar-refractivity contribution < 1.29 is 0 Å². The molecule has 1 heteroatoms. The summed E-state index contributed by atoms with van der Waals surface area (Å²) < 4.78 is 0. The molecule has 0 aromatic heterocycles. The minimum atomic E-state index is 0.923. The van der Waals surface area contributed by atoms with Crippen LogP contribution in [0.3, 0.4) is 0 Å². The summed E-state index contributed by atoms with van der Waals surface area (Å²) in [6.07, 6.45) is 10.6. The van der Waals surface area contributed by atoms with Gasteiger partial charge in [0.15, 0.2) is 0 Å². The van der Waals surface area contributed by atoms with Crippen molar-refractivity contribution >= 4 is 8.58 Å². The molecule has 0 heterocycles. The second-order valence-electron chi connectivity index (χ2n) is 4.56. The van der Waals surface area contributed by atoms with Crippen LogP contribution in [0.15, 0.2) is 0 Å². The molecule has 0 saturated heterocycles. The second-order valence-corrected chi connectivity index (χ2v) is 5.87. The van der Waals surface area contributed by atoms with Crippen molar-refractivity contribution in [1.82, 2.24) is 0 Å². The third-order valence-electron chi connectivity index (χ3n) is 2.71. The first kappa shape index (κ1) is 10.5. The topological polar surface area (TPSA) is 0 Å². The summed E-state index contributed by atoms with van der Waals surface area (Å²) in [7, 11) is 1.24. The van der Waals surface area contributed by atoms with Crippen LogP contribution in [0, 0.1) is 11.8 Å². The quantitative estimate of drug-likeness (QED) is 0.584. The highest BCUT2D eigenvalue weighted by Gasteiger charge is 2.12. The predicted octanol–water partition coefficient (Wildman–Crippen LogP) is 3.90. The van der Waals surface area contributed by atoms with E-state index < -0.39 is 0 Å².